The quantitative estimate of drug-likeness (QED) is 0.830. The highest BCUT2D eigenvalue weighted by Gasteiger charge is 2.36. The van der Waals surface area contributed by atoms with Gasteiger partial charge in [-0.1, -0.05) is 13.0 Å². The Morgan fingerprint density at radius 3 is 2.62 bits per heavy atom. The average Bonchev–Trinajstić information content (AvgIpc) is 2.62. The van der Waals surface area contributed by atoms with Crippen molar-refractivity contribution in [1.82, 2.24) is 4.90 Å². The van der Waals surface area contributed by atoms with Crippen LogP contribution >= 0.6 is 0 Å². The summed E-state index contributed by atoms with van der Waals surface area (Å²) in [5.41, 5.74) is -0.593. The predicted molar refractivity (Wildman–Crippen MR) is 89.2 cm³/mol. The maximum absolute atomic E-state index is 13.8. The lowest BCUT2D eigenvalue weighted by Gasteiger charge is -2.38. The van der Waals surface area contributed by atoms with Gasteiger partial charge in [-0.15, -0.1) is 6.58 Å². The number of hydrogen-bond donors (Lipinski definition) is 1. The van der Waals surface area contributed by atoms with Crippen molar-refractivity contribution in [3.05, 3.63) is 48.1 Å². The molecule has 0 spiro atoms. The lowest BCUT2D eigenvalue weighted by atomic mass is 9.83. The summed E-state index contributed by atoms with van der Waals surface area (Å²) < 4.78 is 27.1. The summed E-state index contributed by atoms with van der Waals surface area (Å²) in [4.78, 5) is 14.4. The minimum absolute atomic E-state index is 0.00994. The first-order valence-electron chi connectivity index (χ1n) is 8.38. The highest BCUT2D eigenvalue weighted by Crippen LogP contribution is 2.34. The molecule has 1 aliphatic rings. The van der Waals surface area contributed by atoms with Crippen LogP contribution in [0.4, 0.5) is 8.78 Å². The van der Waals surface area contributed by atoms with Crippen molar-refractivity contribution >= 4 is 5.91 Å². The topological polar surface area (TPSA) is 40.5 Å². The summed E-state index contributed by atoms with van der Waals surface area (Å²) in [6, 6.07) is 3.11. The van der Waals surface area contributed by atoms with Crippen LogP contribution in [-0.2, 0) is 4.79 Å². The SMILES string of the molecule is C=C[C@@](C)(CC)C(=O)N1CCC([C@H](O)c2cc(F)ccc2F)CC1. The van der Waals surface area contributed by atoms with E-state index in [-0.39, 0.29) is 17.4 Å². The molecule has 1 amide bonds. The van der Waals surface area contributed by atoms with Crippen molar-refractivity contribution in [2.24, 2.45) is 11.3 Å². The lowest BCUT2D eigenvalue weighted by molar-refractivity contribution is -0.141. The molecule has 2 rings (SSSR count). The van der Waals surface area contributed by atoms with Gasteiger partial charge in [-0.25, -0.2) is 8.78 Å². The molecule has 3 nitrogen and oxygen atoms in total. The molecule has 1 N–H and O–H groups in total. The summed E-state index contributed by atoms with van der Waals surface area (Å²) in [6.07, 6.45) is 2.40. The number of hydrogen-bond acceptors (Lipinski definition) is 2. The molecule has 2 atom stereocenters. The molecule has 132 valence electrons. The van der Waals surface area contributed by atoms with Gasteiger partial charge in [0.15, 0.2) is 0 Å². The van der Waals surface area contributed by atoms with E-state index in [1.165, 1.54) is 0 Å². The molecule has 0 bridgehead atoms. The summed E-state index contributed by atoms with van der Waals surface area (Å²) in [6.45, 7) is 8.57. The maximum Gasteiger partial charge on any atom is 0.232 e. The second-order valence-corrected chi connectivity index (χ2v) is 6.72. The summed E-state index contributed by atoms with van der Waals surface area (Å²) >= 11 is 0. The number of likely N-dealkylation sites (tertiary alicyclic amines) is 1. The van der Waals surface area contributed by atoms with Gasteiger partial charge in [0.25, 0.3) is 0 Å². The fraction of sp³-hybridized carbons (Fsp3) is 0.526. The lowest BCUT2D eigenvalue weighted by Crippen LogP contribution is -2.46. The van der Waals surface area contributed by atoms with Crippen LogP contribution in [0.2, 0.25) is 0 Å². The minimum atomic E-state index is -1.06. The third-order valence-electron chi connectivity index (χ3n) is 5.22. The van der Waals surface area contributed by atoms with Crippen LogP contribution in [0.5, 0.6) is 0 Å². The van der Waals surface area contributed by atoms with E-state index in [2.05, 4.69) is 6.58 Å². The number of amides is 1. The first-order valence-corrected chi connectivity index (χ1v) is 8.38. The Morgan fingerprint density at radius 2 is 2.08 bits per heavy atom. The highest BCUT2D eigenvalue weighted by atomic mass is 19.1. The predicted octanol–water partition coefficient (Wildman–Crippen LogP) is 3.84. The summed E-state index contributed by atoms with van der Waals surface area (Å²) in [5, 5.41) is 10.4. The zero-order valence-electron chi connectivity index (χ0n) is 14.3. The standard InChI is InChI=1S/C19H25F2NO2/c1-4-19(3,5-2)18(24)22-10-8-13(9-11-22)17(23)15-12-14(20)6-7-16(15)21/h4,6-7,12-13,17,23H,1,5,8-11H2,2-3H3/t17-,19-/m0/s1. The zero-order chi connectivity index (χ0) is 17.9. The van der Waals surface area contributed by atoms with Gasteiger partial charge < -0.3 is 10.0 Å². The van der Waals surface area contributed by atoms with Gasteiger partial charge in [0.1, 0.15) is 11.6 Å². The van der Waals surface area contributed by atoms with Crippen LogP contribution in [0.15, 0.2) is 30.9 Å². The third-order valence-corrected chi connectivity index (χ3v) is 5.22. The number of rotatable bonds is 5. The van der Waals surface area contributed by atoms with Crippen LogP contribution in [-0.4, -0.2) is 29.0 Å². The molecule has 1 aromatic carbocycles. The van der Waals surface area contributed by atoms with E-state index in [4.69, 9.17) is 0 Å². The third kappa shape index (κ3) is 3.66. The Balaban J connectivity index is 2.03. The van der Waals surface area contributed by atoms with Crippen molar-refractivity contribution < 1.29 is 18.7 Å². The first kappa shape index (κ1) is 18.6. The van der Waals surface area contributed by atoms with Crippen molar-refractivity contribution in [3.63, 3.8) is 0 Å². The van der Waals surface area contributed by atoms with E-state index < -0.39 is 23.2 Å². The fourth-order valence-electron chi connectivity index (χ4n) is 3.16. The van der Waals surface area contributed by atoms with Crippen LogP contribution in [0, 0.1) is 23.0 Å². The number of aliphatic hydroxyl groups excluding tert-OH is 1. The van der Waals surface area contributed by atoms with E-state index >= 15 is 0 Å². The number of aliphatic hydroxyl groups is 1. The Morgan fingerprint density at radius 1 is 1.46 bits per heavy atom. The van der Waals surface area contributed by atoms with E-state index in [0.717, 1.165) is 18.2 Å². The molecule has 24 heavy (non-hydrogen) atoms. The molecule has 1 saturated heterocycles. The van der Waals surface area contributed by atoms with Crippen molar-refractivity contribution in [2.75, 3.05) is 13.1 Å². The van der Waals surface area contributed by atoms with Gasteiger partial charge in [0.2, 0.25) is 5.91 Å². The van der Waals surface area contributed by atoms with Crippen molar-refractivity contribution in [1.29, 1.82) is 0 Å². The normalized spacial score (nSPS) is 19.6. The molecule has 1 fully saturated rings. The molecule has 5 heteroatoms. The van der Waals surface area contributed by atoms with Crippen molar-refractivity contribution in [2.45, 2.75) is 39.2 Å². The second-order valence-electron chi connectivity index (χ2n) is 6.72. The number of carbonyl (C=O) groups is 1. The molecule has 0 unspecified atom stereocenters. The molecular weight excluding hydrogens is 312 g/mol. The molecule has 1 aliphatic heterocycles. The van der Waals surface area contributed by atoms with Crippen LogP contribution in [0.1, 0.15) is 44.8 Å². The van der Waals surface area contributed by atoms with E-state index in [1.54, 1.807) is 11.0 Å². The molecule has 0 aromatic heterocycles. The smallest absolute Gasteiger partial charge is 0.232 e. The van der Waals surface area contributed by atoms with Crippen LogP contribution < -0.4 is 0 Å². The molecule has 1 aromatic rings. The fourth-order valence-corrected chi connectivity index (χ4v) is 3.16. The molecule has 0 saturated carbocycles. The van der Waals surface area contributed by atoms with Crippen LogP contribution in [0.25, 0.3) is 0 Å². The van der Waals surface area contributed by atoms with Gasteiger partial charge >= 0.3 is 0 Å². The van der Waals surface area contributed by atoms with E-state index in [0.29, 0.717) is 32.4 Å². The number of piperidine rings is 1. The summed E-state index contributed by atoms with van der Waals surface area (Å²) in [7, 11) is 0. The molecule has 0 radical (unpaired) electrons. The van der Waals surface area contributed by atoms with Gasteiger partial charge in [0, 0.05) is 18.7 Å². The summed E-state index contributed by atoms with van der Waals surface area (Å²) in [5.74, 6) is -1.33. The largest absolute Gasteiger partial charge is 0.388 e. The molecule has 1 heterocycles. The number of halogens is 2. The maximum atomic E-state index is 13.8. The van der Waals surface area contributed by atoms with Gasteiger partial charge in [-0.05, 0) is 50.3 Å². The van der Waals surface area contributed by atoms with Crippen molar-refractivity contribution in [3.8, 4) is 0 Å². The van der Waals surface area contributed by atoms with Gasteiger partial charge in [-0.3, -0.25) is 4.79 Å². The average molecular weight is 337 g/mol. The number of carbonyl (C=O) groups excluding carboxylic acids is 1. The zero-order valence-corrected chi connectivity index (χ0v) is 14.3. The highest BCUT2D eigenvalue weighted by molar-refractivity contribution is 5.84. The minimum Gasteiger partial charge on any atom is -0.388 e. The Labute approximate surface area is 142 Å². The van der Waals surface area contributed by atoms with Gasteiger partial charge in [-0.2, -0.15) is 0 Å². The number of benzene rings is 1. The van der Waals surface area contributed by atoms with E-state index in [9.17, 15) is 18.7 Å². The Kier molecular flexibility index (Phi) is 5.75. The van der Waals surface area contributed by atoms with Gasteiger partial charge in [0.05, 0.1) is 11.5 Å². The monoisotopic (exact) mass is 337 g/mol. The Hall–Kier alpha value is -1.75. The van der Waals surface area contributed by atoms with E-state index in [1.807, 2.05) is 13.8 Å². The number of nitrogens with zero attached hydrogens (tertiary/aromatic N) is 1. The molecule has 0 aliphatic carbocycles. The molecular formula is C19H25F2NO2. The first-order chi connectivity index (χ1) is 11.3. The Bertz CT molecular complexity index is 611. The van der Waals surface area contributed by atoms with Crippen LogP contribution in [0.3, 0.4) is 0 Å². The second kappa shape index (κ2) is 7.43.